The average molecular weight is 244 g/mol. The van der Waals surface area contributed by atoms with Gasteiger partial charge in [0.1, 0.15) is 0 Å². The molecule has 0 atom stereocenters. The van der Waals surface area contributed by atoms with Crippen molar-refractivity contribution in [2.45, 2.75) is 6.10 Å². The first-order valence-electron chi connectivity index (χ1n) is 5.70. The van der Waals surface area contributed by atoms with E-state index in [9.17, 15) is 9.90 Å². The van der Waals surface area contributed by atoms with Crippen LogP contribution in [0.15, 0.2) is 41.3 Å². The Morgan fingerprint density at radius 1 is 1.33 bits per heavy atom. The van der Waals surface area contributed by atoms with E-state index in [2.05, 4.69) is 4.98 Å². The number of amides is 1. The quantitative estimate of drug-likeness (QED) is 0.860. The summed E-state index contributed by atoms with van der Waals surface area (Å²) in [6, 6.07) is 7.16. The molecule has 0 aliphatic carbocycles. The van der Waals surface area contributed by atoms with E-state index in [1.165, 1.54) is 6.39 Å². The third-order valence-electron chi connectivity index (χ3n) is 3.00. The standard InChI is InChI=1S/C13H12N2O3/c16-11-6-15(7-11)13(17)10-3-1-9(2-4-10)12-5-14-8-18-12/h1-5,8,11,16H,6-7H2. The highest BCUT2D eigenvalue weighted by molar-refractivity contribution is 5.95. The molecule has 0 saturated carbocycles. The van der Waals surface area contributed by atoms with E-state index in [1.54, 1.807) is 23.2 Å². The molecule has 1 fully saturated rings. The van der Waals surface area contributed by atoms with Gasteiger partial charge in [-0.25, -0.2) is 4.98 Å². The van der Waals surface area contributed by atoms with Crippen molar-refractivity contribution >= 4 is 5.91 Å². The molecule has 2 heterocycles. The van der Waals surface area contributed by atoms with Crippen LogP contribution in [0.25, 0.3) is 11.3 Å². The van der Waals surface area contributed by atoms with Crippen molar-refractivity contribution in [1.29, 1.82) is 0 Å². The van der Waals surface area contributed by atoms with Crippen LogP contribution in [0.2, 0.25) is 0 Å². The van der Waals surface area contributed by atoms with Crippen LogP contribution in [0, 0.1) is 0 Å². The maximum atomic E-state index is 11.9. The molecule has 0 bridgehead atoms. The summed E-state index contributed by atoms with van der Waals surface area (Å²) >= 11 is 0. The Hall–Kier alpha value is -2.14. The number of nitrogens with zero attached hydrogens (tertiary/aromatic N) is 2. The van der Waals surface area contributed by atoms with Gasteiger partial charge in [0.2, 0.25) is 0 Å². The van der Waals surface area contributed by atoms with Crippen LogP contribution in [-0.2, 0) is 0 Å². The summed E-state index contributed by atoms with van der Waals surface area (Å²) in [4.78, 5) is 17.4. The lowest BCUT2D eigenvalue weighted by Gasteiger charge is -2.35. The Morgan fingerprint density at radius 2 is 2.06 bits per heavy atom. The van der Waals surface area contributed by atoms with Crippen LogP contribution in [0.1, 0.15) is 10.4 Å². The molecule has 0 unspecified atom stereocenters. The third kappa shape index (κ3) is 1.89. The Balaban J connectivity index is 1.77. The van der Waals surface area contributed by atoms with E-state index in [4.69, 9.17) is 4.42 Å². The van der Waals surface area contributed by atoms with Crippen molar-refractivity contribution < 1.29 is 14.3 Å². The summed E-state index contributed by atoms with van der Waals surface area (Å²) in [5, 5.41) is 9.17. The van der Waals surface area contributed by atoms with Crippen molar-refractivity contribution in [3.05, 3.63) is 42.4 Å². The largest absolute Gasteiger partial charge is 0.444 e. The predicted octanol–water partition coefficient (Wildman–Crippen LogP) is 1.16. The summed E-state index contributed by atoms with van der Waals surface area (Å²) < 4.78 is 5.17. The van der Waals surface area contributed by atoms with Gasteiger partial charge >= 0.3 is 0 Å². The van der Waals surface area contributed by atoms with Gasteiger partial charge in [0.15, 0.2) is 12.2 Å². The SMILES string of the molecule is O=C(c1ccc(-c2cnco2)cc1)N1CC(O)C1. The van der Waals surface area contributed by atoms with Gasteiger partial charge in [-0.2, -0.15) is 0 Å². The Kier molecular flexibility index (Phi) is 2.60. The number of aliphatic hydroxyl groups excluding tert-OH is 1. The molecule has 1 amide bonds. The average Bonchev–Trinajstić information content (AvgIpc) is 2.88. The van der Waals surface area contributed by atoms with Crippen LogP contribution >= 0.6 is 0 Å². The van der Waals surface area contributed by atoms with Gasteiger partial charge in [-0.3, -0.25) is 4.79 Å². The van der Waals surface area contributed by atoms with Crippen LogP contribution in [-0.4, -0.2) is 40.1 Å². The highest BCUT2D eigenvalue weighted by atomic mass is 16.3. The molecule has 3 rings (SSSR count). The topological polar surface area (TPSA) is 66.6 Å². The van der Waals surface area contributed by atoms with Gasteiger partial charge in [0.05, 0.1) is 12.3 Å². The molecule has 1 saturated heterocycles. The molecular weight excluding hydrogens is 232 g/mol. The lowest BCUT2D eigenvalue weighted by atomic mass is 10.1. The van der Waals surface area contributed by atoms with Gasteiger partial charge < -0.3 is 14.4 Å². The van der Waals surface area contributed by atoms with Crippen molar-refractivity contribution in [3.8, 4) is 11.3 Å². The van der Waals surface area contributed by atoms with E-state index < -0.39 is 0 Å². The first-order chi connectivity index (χ1) is 8.74. The highest BCUT2D eigenvalue weighted by Crippen LogP contribution is 2.20. The monoisotopic (exact) mass is 244 g/mol. The van der Waals surface area contributed by atoms with Gasteiger partial charge in [-0.05, 0) is 12.1 Å². The molecule has 1 aromatic heterocycles. The second-order valence-corrected chi connectivity index (χ2v) is 4.31. The molecule has 92 valence electrons. The van der Waals surface area contributed by atoms with Crippen molar-refractivity contribution in [2.24, 2.45) is 0 Å². The number of hydrogen-bond donors (Lipinski definition) is 1. The lowest BCUT2D eigenvalue weighted by molar-refractivity contribution is 0.00589. The molecule has 0 spiro atoms. The summed E-state index contributed by atoms with van der Waals surface area (Å²) in [6.07, 6.45) is 2.63. The van der Waals surface area contributed by atoms with Crippen molar-refractivity contribution in [2.75, 3.05) is 13.1 Å². The molecule has 2 aromatic rings. The van der Waals surface area contributed by atoms with Crippen molar-refractivity contribution in [3.63, 3.8) is 0 Å². The number of likely N-dealkylation sites (tertiary alicyclic amines) is 1. The highest BCUT2D eigenvalue weighted by Gasteiger charge is 2.29. The summed E-state index contributed by atoms with van der Waals surface area (Å²) in [6.45, 7) is 0.839. The summed E-state index contributed by atoms with van der Waals surface area (Å²) in [5.74, 6) is 0.623. The van der Waals surface area contributed by atoms with Gasteiger partial charge in [-0.15, -0.1) is 0 Å². The van der Waals surface area contributed by atoms with Crippen LogP contribution in [0.5, 0.6) is 0 Å². The van der Waals surface area contributed by atoms with E-state index in [0.29, 0.717) is 24.4 Å². The Labute approximate surface area is 104 Å². The molecule has 18 heavy (non-hydrogen) atoms. The van der Waals surface area contributed by atoms with Gasteiger partial charge in [0.25, 0.3) is 5.91 Å². The predicted molar refractivity (Wildman–Crippen MR) is 63.8 cm³/mol. The lowest BCUT2D eigenvalue weighted by Crippen LogP contribution is -2.53. The first kappa shape index (κ1) is 11.0. The minimum Gasteiger partial charge on any atom is -0.444 e. The van der Waals surface area contributed by atoms with E-state index in [-0.39, 0.29) is 12.0 Å². The summed E-state index contributed by atoms with van der Waals surface area (Å²) in [5.41, 5.74) is 1.50. The minimum atomic E-state index is -0.373. The Morgan fingerprint density at radius 3 is 2.61 bits per heavy atom. The molecule has 5 nitrogen and oxygen atoms in total. The number of benzene rings is 1. The number of carbonyl (C=O) groups excluding carboxylic acids is 1. The fourth-order valence-electron chi connectivity index (χ4n) is 1.94. The number of rotatable bonds is 2. The van der Waals surface area contributed by atoms with Crippen LogP contribution in [0.3, 0.4) is 0 Å². The number of oxazole rings is 1. The third-order valence-corrected chi connectivity index (χ3v) is 3.00. The van der Waals surface area contributed by atoms with Gasteiger partial charge in [0, 0.05) is 24.2 Å². The number of carbonyl (C=O) groups is 1. The van der Waals surface area contributed by atoms with Gasteiger partial charge in [-0.1, -0.05) is 12.1 Å². The Bertz CT molecular complexity index is 542. The number of aliphatic hydroxyl groups is 1. The maximum absolute atomic E-state index is 11.9. The fraction of sp³-hybridized carbons (Fsp3) is 0.231. The zero-order valence-corrected chi connectivity index (χ0v) is 9.61. The number of β-amino-alcohol motifs (C(OH)–C–C–N with tert-alkyl or cyclic N) is 1. The second-order valence-electron chi connectivity index (χ2n) is 4.31. The van der Waals surface area contributed by atoms with Crippen LogP contribution in [0.4, 0.5) is 0 Å². The van der Waals surface area contributed by atoms with E-state index >= 15 is 0 Å². The van der Waals surface area contributed by atoms with E-state index in [0.717, 1.165) is 5.56 Å². The maximum Gasteiger partial charge on any atom is 0.254 e. The zero-order valence-electron chi connectivity index (χ0n) is 9.61. The minimum absolute atomic E-state index is 0.0515. The normalized spacial score (nSPS) is 15.5. The first-order valence-corrected chi connectivity index (χ1v) is 5.70. The smallest absolute Gasteiger partial charge is 0.254 e. The number of hydrogen-bond acceptors (Lipinski definition) is 4. The molecule has 1 aromatic carbocycles. The molecule has 1 aliphatic heterocycles. The van der Waals surface area contributed by atoms with Crippen molar-refractivity contribution in [1.82, 2.24) is 9.88 Å². The summed E-state index contributed by atoms with van der Waals surface area (Å²) in [7, 11) is 0. The molecular formula is C13H12N2O3. The van der Waals surface area contributed by atoms with E-state index in [1.807, 2.05) is 12.1 Å². The van der Waals surface area contributed by atoms with Crippen LogP contribution < -0.4 is 0 Å². The molecule has 5 heteroatoms. The molecule has 0 radical (unpaired) electrons. The number of aromatic nitrogens is 1. The molecule has 1 aliphatic rings. The molecule has 1 N–H and O–H groups in total. The second kappa shape index (κ2) is 4.27. The zero-order chi connectivity index (χ0) is 12.5. The fourth-order valence-corrected chi connectivity index (χ4v) is 1.94.